The van der Waals surface area contributed by atoms with Gasteiger partial charge in [0.15, 0.2) is 6.10 Å². The second-order valence-corrected chi connectivity index (χ2v) is 17.2. The summed E-state index contributed by atoms with van der Waals surface area (Å²) >= 11 is 0. The Labute approximate surface area is 377 Å². The van der Waals surface area contributed by atoms with Gasteiger partial charge in [-0.3, -0.25) is 14.4 Å². The largest absolute Gasteiger partial charge is 0.462 e. The van der Waals surface area contributed by atoms with Crippen molar-refractivity contribution in [3.8, 4) is 0 Å². The normalized spacial score (nSPS) is 12.5. The fourth-order valence-electron chi connectivity index (χ4n) is 7.24. The van der Waals surface area contributed by atoms with Crippen LogP contribution >= 0.6 is 0 Å². The molecular formula is C55H96O6. The number of allylic oxidation sites excluding steroid dienone is 10. The Morgan fingerprint density at radius 1 is 0.328 bits per heavy atom. The average molecular weight is 853 g/mol. The summed E-state index contributed by atoms with van der Waals surface area (Å²) in [6, 6.07) is 0. The third-order valence-electron chi connectivity index (χ3n) is 11.1. The van der Waals surface area contributed by atoms with E-state index >= 15 is 0 Å². The lowest BCUT2D eigenvalue weighted by Gasteiger charge is -2.18. The molecule has 0 aromatic rings. The van der Waals surface area contributed by atoms with Gasteiger partial charge in [-0.1, -0.05) is 255 Å². The minimum absolute atomic E-state index is 0.0794. The maximum Gasteiger partial charge on any atom is 0.306 e. The van der Waals surface area contributed by atoms with Crippen molar-refractivity contribution in [2.45, 2.75) is 258 Å². The summed E-state index contributed by atoms with van der Waals surface area (Å²) in [5.41, 5.74) is 0. The van der Waals surface area contributed by atoms with E-state index in [9.17, 15) is 14.4 Å². The molecule has 6 heteroatoms. The van der Waals surface area contributed by atoms with Gasteiger partial charge >= 0.3 is 17.9 Å². The maximum absolute atomic E-state index is 12.8. The van der Waals surface area contributed by atoms with E-state index in [4.69, 9.17) is 14.2 Å². The first-order valence-corrected chi connectivity index (χ1v) is 25.9. The number of hydrogen-bond donors (Lipinski definition) is 0. The Balaban J connectivity index is 4.40. The fourth-order valence-corrected chi connectivity index (χ4v) is 7.24. The van der Waals surface area contributed by atoms with Gasteiger partial charge in [0.05, 0.1) is 0 Å². The van der Waals surface area contributed by atoms with Crippen molar-refractivity contribution in [3.05, 3.63) is 60.8 Å². The molecule has 0 bridgehead atoms. The molecule has 0 aromatic carbocycles. The molecule has 1 atom stereocenters. The third kappa shape index (κ3) is 48.0. The van der Waals surface area contributed by atoms with E-state index in [1.165, 1.54) is 128 Å². The fraction of sp³-hybridized carbons (Fsp3) is 0.764. The van der Waals surface area contributed by atoms with Crippen LogP contribution in [-0.4, -0.2) is 37.2 Å². The first-order valence-electron chi connectivity index (χ1n) is 25.9. The smallest absolute Gasteiger partial charge is 0.306 e. The molecule has 0 rings (SSSR count). The predicted octanol–water partition coefficient (Wildman–Crippen LogP) is 16.9. The van der Waals surface area contributed by atoms with E-state index in [1.807, 2.05) is 24.3 Å². The molecule has 61 heavy (non-hydrogen) atoms. The lowest BCUT2D eigenvalue weighted by molar-refractivity contribution is -0.167. The van der Waals surface area contributed by atoms with E-state index in [2.05, 4.69) is 57.2 Å². The highest BCUT2D eigenvalue weighted by atomic mass is 16.6. The zero-order valence-electron chi connectivity index (χ0n) is 40.2. The van der Waals surface area contributed by atoms with Crippen molar-refractivity contribution in [2.24, 2.45) is 0 Å². The lowest BCUT2D eigenvalue weighted by atomic mass is 10.0. The molecule has 0 heterocycles. The molecule has 0 saturated heterocycles. The van der Waals surface area contributed by atoms with E-state index in [0.717, 1.165) is 83.5 Å². The van der Waals surface area contributed by atoms with Crippen LogP contribution in [0, 0.1) is 0 Å². The van der Waals surface area contributed by atoms with Gasteiger partial charge in [0.25, 0.3) is 0 Å². The first kappa shape index (κ1) is 58.1. The standard InChI is InChI=1S/C55H96O6/c1-4-7-10-13-16-19-22-24-26-27-28-29-31-33-36-39-42-45-48-54(57)60-51-52(50-59-53(56)47-44-41-38-35-32-21-18-15-12-9-6-3)61-55(58)49-46-43-40-37-34-30-25-23-20-17-14-11-8-5-2/h10,13,16,19,22,24,26-29,52H,4-9,11-12,14-15,17-18,20-21,23,25,30-51H2,1-3H3/b13-10-,19-16-,24-22-,27-26-,29-28-. The molecule has 0 spiro atoms. The molecule has 0 amide bonds. The number of unbranched alkanes of at least 4 members (excludes halogenated alkanes) is 29. The van der Waals surface area contributed by atoms with E-state index in [0.29, 0.717) is 19.3 Å². The van der Waals surface area contributed by atoms with Gasteiger partial charge in [-0.15, -0.1) is 0 Å². The Hall–Kier alpha value is -2.89. The minimum Gasteiger partial charge on any atom is -0.462 e. The van der Waals surface area contributed by atoms with Crippen LogP contribution in [0.25, 0.3) is 0 Å². The average Bonchev–Trinajstić information content (AvgIpc) is 3.26. The highest BCUT2D eigenvalue weighted by molar-refractivity contribution is 5.71. The van der Waals surface area contributed by atoms with E-state index < -0.39 is 6.10 Å². The van der Waals surface area contributed by atoms with Gasteiger partial charge < -0.3 is 14.2 Å². The van der Waals surface area contributed by atoms with E-state index in [1.54, 1.807) is 0 Å². The Morgan fingerprint density at radius 2 is 0.623 bits per heavy atom. The van der Waals surface area contributed by atoms with Crippen LogP contribution in [0.1, 0.15) is 252 Å². The summed E-state index contributed by atoms with van der Waals surface area (Å²) in [7, 11) is 0. The molecule has 0 fully saturated rings. The molecule has 0 aliphatic carbocycles. The van der Waals surface area contributed by atoms with Crippen molar-refractivity contribution in [1.82, 2.24) is 0 Å². The lowest BCUT2D eigenvalue weighted by Crippen LogP contribution is -2.30. The van der Waals surface area contributed by atoms with Crippen LogP contribution in [0.2, 0.25) is 0 Å². The van der Waals surface area contributed by atoms with Crippen LogP contribution in [0.4, 0.5) is 0 Å². The SMILES string of the molecule is CCC\C=C/C=C\C=C/C=C\C=C/CCCCCCCC(=O)OCC(COC(=O)CCCCCCCCCCCCC)OC(=O)CCCCCCCCCCCCCCCC. The Bertz CT molecular complexity index is 1120. The summed E-state index contributed by atoms with van der Waals surface area (Å²) in [5, 5.41) is 0. The molecule has 0 saturated carbocycles. The zero-order valence-corrected chi connectivity index (χ0v) is 40.2. The number of esters is 3. The number of carbonyl (C=O) groups excluding carboxylic acids is 3. The summed E-state index contributed by atoms with van der Waals surface area (Å²) in [6.45, 7) is 6.53. The second kappa shape index (κ2) is 49.8. The van der Waals surface area contributed by atoms with E-state index in [-0.39, 0.29) is 31.1 Å². The highest BCUT2D eigenvalue weighted by Gasteiger charge is 2.19. The zero-order chi connectivity index (χ0) is 44.4. The molecule has 0 aliphatic rings. The summed E-state index contributed by atoms with van der Waals surface area (Å²) in [6.07, 6.45) is 60.5. The minimum atomic E-state index is -0.780. The molecule has 0 aliphatic heterocycles. The number of ether oxygens (including phenoxy) is 3. The molecule has 352 valence electrons. The van der Waals surface area contributed by atoms with Gasteiger partial charge in [-0.05, 0) is 38.5 Å². The first-order chi connectivity index (χ1) is 30.0. The van der Waals surface area contributed by atoms with Gasteiger partial charge in [0.2, 0.25) is 0 Å². The maximum atomic E-state index is 12.8. The number of hydrogen-bond acceptors (Lipinski definition) is 6. The highest BCUT2D eigenvalue weighted by Crippen LogP contribution is 2.16. The van der Waals surface area contributed by atoms with Crippen molar-refractivity contribution < 1.29 is 28.6 Å². The summed E-state index contributed by atoms with van der Waals surface area (Å²) in [5.74, 6) is -0.899. The Kier molecular flexibility index (Phi) is 47.4. The van der Waals surface area contributed by atoms with Crippen LogP contribution in [0.3, 0.4) is 0 Å². The molecule has 1 unspecified atom stereocenters. The van der Waals surface area contributed by atoms with Crippen LogP contribution in [0.5, 0.6) is 0 Å². The van der Waals surface area contributed by atoms with Gasteiger partial charge in [0, 0.05) is 19.3 Å². The van der Waals surface area contributed by atoms with Gasteiger partial charge in [-0.25, -0.2) is 0 Å². The van der Waals surface area contributed by atoms with Crippen LogP contribution in [-0.2, 0) is 28.6 Å². The van der Waals surface area contributed by atoms with Crippen molar-refractivity contribution in [3.63, 3.8) is 0 Å². The Morgan fingerprint density at radius 3 is 0.984 bits per heavy atom. The molecule has 6 nitrogen and oxygen atoms in total. The number of carbonyl (C=O) groups is 3. The monoisotopic (exact) mass is 853 g/mol. The summed E-state index contributed by atoms with van der Waals surface area (Å²) in [4.78, 5) is 37.9. The van der Waals surface area contributed by atoms with Crippen molar-refractivity contribution in [2.75, 3.05) is 13.2 Å². The molecular weight excluding hydrogens is 757 g/mol. The molecule has 0 aromatic heterocycles. The summed E-state index contributed by atoms with van der Waals surface area (Å²) < 4.78 is 16.8. The van der Waals surface area contributed by atoms with Gasteiger partial charge in [-0.2, -0.15) is 0 Å². The quantitative estimate of drug-likeness (QED) is 0.0263. The van der Waals surface area contributed by atoms with Crippen LogP contribution < -0.4 is 0 Å². The van der Waals surface area contributed by atoms with Crippen molar-refractivity contribution >= 4 is 17.9 Å². The van der Waals surface area contributed by atoms with Gasteiger partial charge in [0.1, 0.15) is 13.2 Å². The molecule has 0 N–H and O–H groups in total. The third-order valence-corrected chi connectivity index (χ3v) is 11.1. The predicted molar refractivity (Wildman–Crippen MR) is 261 cm³/mol. The number of rotatable bonds is 46. The van der Waals surface area contributed by atoms with Crippen LogP contribution in [0.15, 0.2) is 60.8 Å². The topological polar surface area (TPSA) is 78.9 Å². The van der Waals surface area contributed by atoms with Crippen molar-refractivity contribution in [1.29, 1.82) is 0 Å². The second-order valence-electron chi connectivity index (χ2n) is 17.2. The molecule has 0 radical (unpaired) electrons.